The van der Waals surface area contributed by atoms with Crippen molar-refractivity contribution in [3.05, 3.63) is 11.8 Å². The Hall–Kier alpha value is -1.50. The Morgan fingerprint density at radius 1 is 1.55 bits per heavy atom. The average molecular weight is 325 g/mol. The molecule has 122 valence electrons. The number of aromatic nitrogens is 1. The van der Waals surface area contributed by atoms with Gasteiger partial charge in [-0.2, -0.15) is 0 Å². The van der Waals surface area contributed by atoms with E-state index in [4.69, 9.17) is 4.52 Å². The zero-order chi connectivity index (χ0) is 16.1. The number of nitrogens with zero attached hydrogens (tertiary/aromatic N) is 2. The predicted octanol–water partition coefficient (Wildman–Crippen LogP) is 2.44. The zero-order valence-corrected chi connectivity index (χ0v) is 14.1. The first kappa shape index (κ1) is 16.9. The van der Waals surface area contributed by atoms with Crippen LogP contribution in [0.15, 0.2) is 10.6 Å². The van der Waals surface area contributed by atoms with Crippen molar-refractivity contribution in [2.75, 3.05) is 17.6 Å². The molecule has 1 saturated heterocycles. The molecule has 2 heterocycles. The highest BCUT2D eigenvalue weighted by molar-refractivity contribution is 8.01. The van der Waals surface area contributed by atoms with Gasteiger partial charge in [0.25, 0.3) is 0 Å². The Kier molecular flexibility index (Phi) is 5.88. The summed E-state index contributed by atoms with van der Waals surface area (Å²) in [6, 6.07) is 1.97. The van der Waals surface area contributed by atoms with Gasteiger partial charge in [0.15, 0.2) is 5.82 Å². The fourth-order valence-electron chi connectivity index (χ4n) is 2.48. The molecule has 7 heteroatoms. The maximum atomic E-state index is 12.2. The molecule has 0 saturated carbocycles. The van der Waals surface area contributed by atoms with Crippen LogP contribution in [-0.4, -0.2) is 45.5 Å². The molecule has 1 N–H and O–H groups in total. The minimum atomic E-state index is -0.318. The number of piperidine rings is 1. The van der Waals surface area contributed by atoms with E-state index >= 15 is 0 Å². The Morgan fingerprint density at radius 2 is 2.32 bits per heavy atom. The molecule has 0 spiro atoms. The van der Waals surface area contributed by atoms with Gasteiger partial charge in [-0.25, -0.2) is 0 Å². The quantitative estimate of drug-likeness (QED) is 0.900. The van der Waals surface area contributed by atoms with Crippen molar-refractivity contribution in [2.45, 2.75) is 51.3 Å². The highest BCUT2D eigenvalue weighted by Gasteiger charge is 2.24. The number of likely N-dealkylation sites (tertiary alicyclic amines) is 1. The maximum absolute atomic E-state index is 12.2. The number of aryl methyl sites for hydroxylation is 1. The van der Waals surface area contributed by atoms with Crippen LogP contribution >= 0.6 is 11.8 Å². The number of rotatable bonds is 5. The summed E-state index contributed by atoms with van der Waals surface area (Å²) in [6.07, 6.45) is 3.33. The second kappa shape index (κ2) is 7.67. The van der Waals surface area contributed by atoms with Crippen molar-refractivity contribution in [3.63, 3.8) is 0 Å². The minimum Gasteiger partial charge on any atom is -0.360 e. The Labute approximate surface area is 135 Å². The van der Waals surface area contributed by atoms with Crippen LogP contribution in [0.1, 0.15) is 38.9 Å². The second-order valence-corrected chi connectivity index (χ2v) is 7.03. The lowest BCUT2D eigenvalue weighted by molar-refractivity contribution is -0.131. The summed E-state index contributed by atoms with van der Waals surface area (Å²) < 4.78 is 4.90. The predicted molar refractivity (Wildman–Crippen MR) is 86.8 cm³/mol. The molecular formula is C15H23N3O3S. The summed E-state index contributed by atoms with van der Waals surface area (Å²) in [5, 5.41) is 6.09. The molecule has 0 radical (unpaired) electrons. The molecule has 2 amide bonds. The van der Waals surface area contributed by atoms with E-state index in [0.29, 0.717) is 23.4 Å². The molecule has 1 aliphatic rings. The van der Waals surface area contributed by atoms with Crippen LogP contribution in [0.3, 0.4) is 0 Å². The van der Waals surface area contributed by atoms with Crippen molar-refractivity contribution in [3.8, 4) is 0 Å². The molecule has 1 aromatic heterocycles. The number of hydrogen-bond acceptors (Lipinski definition) is 5. The Balaban J connectivity index is 1.77. The molecule has 0 bridgehead atoms. The van der Waals surface area contributed by atoms with Crippen molar-refractivity contribution >= 4 is 29.4 Å². The van der Waals surface area contributed by atoms with Gasteiger partial charge in [-0.3, -0.25) is 9.59 Å². The number of thioether (sulfide) groups is 1. The fourth-order valence-corrected chi connectivity index (χ4v) is 3.25. The monoisotopic (exact) mass is 325 g/mol. The standard InChI is InChI=1S/C15H23N3O3S/c1-10-6-4-5-7-18(10)14(19)9-22-12(3)15(20)16-13-8-11(2)21-17-13/h8,10,12H,4-7,9H2,1-3H3,(H,16,17,20)/t10-,12-/m0/s1. The molecule has 1 fully saturated rings. The minimum absolute atomic E-state index is 0.120. The summed E-state index contributed by atoms with van der Waals surface area (Å²) in [6.45, 7) is 6.48. The van der Waals surface area contributed by atoms with Crippen molar-refractivity contribution in [1.29, 1.82) is 0 Å². The van der Waals surface area contributed by atoms with Gasteiger partial charge in [-0.05, 0) is 40.0 Å². The van der Waals surface area contributed by atoms with Crippen LogP contribution in [-0.2, 0) is 9.59 Å². The first-order valence-corrected chi connectivity index (χ1v) is 8.67. The molecule has 0 aromatic carbocycles. The van der Waals surface area contributed by atoms with Gasteiger partial charge in [-0.1, -0.05) is 5.16 Å². The normalized spacial score (nSPS) is 19.8. The summed E-state index contributed by atoms with van der Waals surface area (Å²) in [4.78, 5) is 26.2. The van der Waals surface area contributed by atoms with Gasteiger partial charge < -0.3 is 14.7 Å². The van der Waals surface area contributed by atoms with Gasteiger partial charge in [0.1, 0.15) is 5.76 Å². The summed E-state index contributed by atoms with van der Waals surface area (Å²) in [5.74, 6) is 1.33. The lowest BCUT2D eigenvalue weighted by Crippen LogP contribution is -2.43. The average Bonchev–Trinajstić information content (AvgIpc) is 2.90. The molecule has 2 atom stereocenters. The maximum Gasteiger partial charge on any atom is 0.238 e. The summed E-state index contributed by atoms with van der Waals surface area (Å²) in [7, 11) is 0. The SMILES string of the molecule is Cc1cc(NC(=O)[C@H](C)SCC(=O)N2CCCC[C@@H]2C)no1. The van der Waals surface area contributed by atoms with Crippen molar-refractivity contribution < 1.29 is 14.1 Å². The van der Waals surface area contributed by atoms with E-state index in [9.17, 15) is 9.59 Å². The van der Waals surface area contributed by atoms with E-state index < -0.39 is 0 Å². The largest absolute Gasteiger partial charge is 0.360 e. The zero-order valence-electron chi connectivity index (χ0n) is 13.3. The summed E-state index contributed by atoms with van der Waals surface area (Å²) in [5.41, 5.74) is 0. The second-order valence-electron chi connectivity index (χ2n) is 5.70. The van der Waals surface area contributed by atoms with Crippen LogP contribution in [0.25, 0.3) is 0 Å². The molecule has 1 aliphatic heterocycles. The topological polar surface area (TPSA) is 75.4 Å². The van der Waals surface area contributed by atoms with Crippen LogP contribution < -0.4 is 5.32 Å². The van der Waals surface area contributed by atoms with E-state index in [1.165, 1.54) is 18.2 Å². The number of carbonyl (C=O) groups is 2. The number of amides is 2. The lowest BCUT2D eigenvalue weighted by Gasteiger charge is -2.33. The Morgan fingerprint density at radius 3 is 2.95 bits per heavy atom. The van der Waals surface area contributed by atoms with Crippen LogP contribution in [0.5, 0.6) is 0 Å². The number of nitrogens with one attached hydrogen (secondary N) is 1. The first-order chi connectivity index (χ1) is 10.5. The van der Waals surface area contributed by atoms with E-state index in [1.807, 2.05) is 4.90 Å². The Bertz CT molecular complexity index is 532. The highest BCUT2D eigenvalue weighted by Crippen LogP contribution is 2.20. The first-order valence-electron chi connectivity index (χ1n) is 7.62. The fraction of sp³-hybridized carbons (Fsp3) is 0.667. The van der Waals surface area contributed by atoms with E-state index in [1.54, 1.807) is 19.9 Å². The number of hydrogen-bond donors (Lipinski definition) is 1. The third-order valence-electron chi connectivity index (χ3n) is 3.83. The molecule has 2 rings (SSSR count). The van der Waals surface area contributed by atoms with Crippen LogP contribution in [0, 0.1) is 6.92 Å². The van der Waals surface area contributed by atoms with E-state index in [0.717, 1.165) is 19.4 Å². The third-order valence-corrected chi connectivity index (χ3v) is 4.96. The summed E-state index contributed by atoms with van der Waals surface area (Å²) >= 11 is 1.35. The van der Waals surface area contributed by atoms with Crippen molar-refractivity contribution in [1.82, 2.24) is 10.1 Å². The van der Waals surface area contributed by atoms with E-state index in [-0.39, 0.29) is 17.1 Å². The molecule has 0 aliphatic carbocycles. The van der Waals surface area contributed by atoms with Crippen LogP contribution in [0.4, 0.5) is 5.82 Å². The molecule has 0 unspecified atom stereocenters. The number of carbonyl (C=O) groups excluding carboxylic acids is 2. The van der Waals surface area contributed by atoms with Crippen molar-refractivity contribution in [2.24, 2.45) is 0 Å². The molecule has 22 heavy (non-hydrogen) atoms. The smallest absolute Gasteiger partial charge is 0.238 e. The third kappa shape index (κ3) is 4.50. The van der Waals surface area contributed by atoms with Crippen LogP contribution in [0.2, 0.25) is 0 Å². The van der Waals surface area contributed by atoms with Gasteiger partial charge >= 0.3 is 0 Å². The highest BCUT2D eigenvalue weighted by atomic mass is 32.2. The van der Waals surface area contributed by atoms with Gasteiger partial charge in [0, 0.05) is 18.7 Å². The van der Waals surface area contributed by atoms with E-state index in [2.05, 4.69) is 17.4 Å². The lowest BCUT2D eigenvalue weighted by atomic mass is 10.0. The molecular weight excluding hydrogens is 302 g/mol. The van der Waals surface area contributed by atoms with Gasteiger partial charge in [0.2, 0.25) is 11.8 Å². The van der Waals surface area contributed by atoms with Gasteiger partial charge in [-0.15, -0.1) is 11.8 Å². The number of anilines is 1. The molecule has 1 aromatic rings. The van der Waals surface area contributed by atoms with Gasteiger partial charge in [0.05, 0.1) is 11.0 Å². The molecule has 6 nitrogen and oxygen atoms in total.